The predicted molar refractivity (Wildman–Crippen MR) is 33.3 cm³/mol. The van der Waals surface area contributed by atoms with E-state index in [0.717, 1.165) is 5.92 Å². The van der Waals surface area contributed by atoms with Crippen LogP contribution < -0.4 is 5.73 Å². The van der Waals surface area contributed by atoms with Gasteiger partial charge in [0.1, 0.15) is 0 Å². The van der Waals surface area contributed by atoms with Crippen LogP contribution in [0.3, 0.4) is 0 Å². The van der Waals surface area contributed by atoms with Gasteiger partial charge < -0.3 is 5.73 Å². The van der Waals surface area contributed by atoms with Crippen molar-refractivity contribution in [3.63, 3.8) is 0 Å². The van der Waals surface area contributed by atoms with Crippen molar-refractivity contribution in [2.45, 2.75) is 26.7 Å². The molecule has 0 aromatic heterocycles. The lowest BCUT2D eigenvalue weighted by molar-refractivity contribution is -0.115. The van der Waals surface area contributed by atoms with E-state index in [4.69, 9.17) is 0 Å². The highest BCUT2D eigenvalue weighted by atomic mass is 16.1. The first-order valence-electron chi connectivity index (χ1n) is 2.89. The van der Waals surface area contributed by atoms with Crippen LogP contribution in [0.15, 0.2) is 0 Å². The van der Waals surface area contributed by atoms with E-state index in [-0.39, 0.29) is 5.91 Å². The SMILES string of the molecule is CC(N)=O.CC1CC1. The molecule has 8 heavy (non-hydrogen) atoms. The molecule has 1 aliphatic carbocycles. The van der Waals surface area contributed by atoms with Gasteiger partial charge in [-0.3, -0.25) is 4.79 Å². The van der Waals surface area contributed by atoms with Crippen LogP contribution in [0.25, 0.3) is 0 Å². The molecule has 48 valence electrons. The van der Waals surface area contributed by atoms with Gasteiger partial charge >= 0.3 is 0 Å². The van der Waals surface area contributed by atoms with Crippen LogP contribution in [0.5, 0.6) is 0 Å². The fourth-order valence-corrected chi connectivity index (χ4v) is 0.167. The van der Waals surface area contributed by atoms with Crippen molar-refractivity contribution in [2.24, 2.45) is 11.7 Å². The molecule has 0 atom stereocenters. The van der Waals surface area contributed by atoms with Gasteiger partial charge in [0.15, 0.2) is 0 Å². The van der Waals surface area contributed by atoms with E-state index < -0.39 is 0 Å². The maximum atomic E-state index is 9.22. The monoisotopic (exact) mass is 115 g/mol. The molecule has 2 N–H and O–H groups in total. The molecule has 0 heterocycles. The topological polar surface area (TPSA) is 43.1 Å². The molecule has 0 aliphatic heterocycles. The van der Waals surface area contributed by atoms with Gasteiger partial charge in [0.05, 0.1) is 0 Å². The van der Waals surface area contributed by atoms with Gasteiger partial charge in [-0.25, -0.2) is 0 Å². The van der Waals surface area contributed by atoms with Gasteiger partial charge in [-0.2, -0.15) is 0 Å². The van der Waals surface area contributed by atoms with Crippen molar-refractivity contribution >= 4 is 5.91 Å². The lowest BCUT2D eigenvalue weighted by Crippen LogP contribution is -2.01. The largest absolute Gasteiger partial charge is 0.370 e. The van der Waals surface area contributed by atoms with Gasteiger partial charge in [-0.1, -0.05) is 19.8 Å². The Hall–Kier alpha value is -0.530. The minimum atomic E-state index is -0.333. The zero-order valence-corrected chi connectivity index (χ0v) is 5.48. The van der Waals surface area contributed by atoms with Crippen LogP contribution in [0.2, 0.25) is 0 Å². The first-order valence-corrected chi connectivity index (χ1v) is 2.89. The predicted octanol–water partition coefficient (Wildman–Crippen LogP) is 0.908. The second-order valence-corrected chi connectivity index (χ2v) is 2.29. The summed E-state index contributed by atoms with van der Waals surface area (Å²) in [6.07, 6.45) is 2.97. The van der Waals surface area contributed by atoms with Crippen molar-refractivity contribution in [3.8, 4) is 0 Å². The molecule has 1 saturated carbocycles. The molecule has 0 bridgehead atoms. The Morgan fingerprint density at radius 3 is 1.75 bits per heavy atom. The summed E-state index contributed by atoms with van der Waals surface area (Å²) in [6.45, 7) is 3.58. The van der Waals surface area contributed by atoms with Crippen LogP contribution in [0, 0.1) is 5.92 Å². The standard InChI is InChI=1S/C4H8.C2H5NO/c1-4-2-3-4;1-2(3)4/h4H,2-3H2,1H3;1H3,(H2,3,4). The minimum absolute atomic E-state index is 0.333. The van der Waals surface area contributed by atoms with Crippen LogP contribution in [0.4, 0.5) is 0 Å². The summed E-state index contributed by atoms with van der Waals surface area (Å²) in [5.74, 6) is 0.750. The second kappa shape index (κ2) is 3.47. The minimum Gasteiger partial charge on any atom is -0.370 e. The molecule has 0 saturated heterocycles. The third-order valence-electron chi connectivity index (χ3n) is 0.866. The van der Waals surface area contributed by atoms with Crippen molar-refractivity contribution in [3.05, 3.63) is 0 Å². The number of hydrogen-bond donors (Lipinski definition) is 1. The molecular formula is C6H13NO. The molecule has 1 fully saturated rings. The molecule has 0 aromatic rings. The van der Waals surface area contributed by atoms with E-state index in [1.807, 2.05) is 0 Å². The molecule has 2 heteroatoms. The zero-order valence-electron chi connectivity index (χ0n) is 5.48. The molecule has 2 nitrogen and oxygen atoms in total. The number of rotatable bonds is 0. The summed E-state index contributed by atoms with van der Waals surface area (Å²) in [4.78, 5) is 9.22. The van der Waals surface area contributed by atoms with Crippen molar-refractivity contribution in [1.82, 2.24) is 0 Å². The van der Waals surface area contributed by atoms with E-state index in [0.29, 0.717) is 0 Å². The number of primary amides is 1. The first-order chi connectivity index (χ1) is 3.63. The zero-order chi connectivity index (χ0) is 6.57. The highest BCUT2D eigenvalue weighted by Crippen LogP contribution is 2.26. The van der Waals surface area contributed by atoms with Gasteiger partial charge in [0.2, 0.25) is 5.91 Å². The van der Waals surface area contributed by atoms with Crippen molar-refractivity contribution in [2.75, 3.05) is 0 Å². The van der Waals surface area contributed by atoms with Crippen LogP contribution in [-0.2, 0) is 4.79 Å². The van der Waals surface area contributed by atoms with Crippen LogP contribution in [0.1, 0.15) is 26.7 Å². The summed E-state index contributed by atoms with van der Waals surface area (Å²) in [6, 6.07) is 0. The highest BCUT2D eigenvalue weighted by Gasteiger charge is 2.12. The van der Waals surface area contributed by atoms with Gasteiger partial charge in [0.25, 0.3) is 0 Å². The summed E-state index contributed by atoms with van der Waals surface area (Å²) in [5.41, 5.74) is 4.47. The Balaban J connectivity index is 0.000000122. The number of nitrogens with two attached hydrogens (primary N) is 1. The molecule has 1 amide bonds. The molecule has 0 unspecified atom stereocenters. The fourth-order valence-electron chi connectivity index (χ4n) is 0.167. The molecule has 0 radical (unpaired) electrons. The Labute approximate surface area is 50.1 Å². The quantitative estimate of drug-likeness (QED) is 0.501. The second-order valence-electron chi connectivity index (χ2n) is 2.29. The third-order valence-corrected chi connectivity index (χ3v) is 0.866. The summed E-state index contributed by atoms with van der Waals surface area (Å²) >= 11 is 0. The normalized spacial score (nSPS) is 16.2. The average molecular weight is 115 g/mol. The number of carbonyl (C=O) groups is 1. The fraction of sp³-hybridized carbons (Fsp3) is 0.833. The van der Waals surface area contributed by atoms with Gasteiger partial charge in [0, 0.05) is 6.92 Å². The molecule has 0 spiro atoms. The Morgan fingerprint density at radius 1 is 1.62 bits per heavy atom. The lowest BCUT2D eigenvalue weighted by Gasteiger charge is -1.60. The van der Waals surface area contributed by atoms with Crippen molar-refractivity contribution < 1.29 is 4.79 Å². The smallest absolute Gasteiger partial charge is 0.214 e. The average Bonchev–Trinajstić information content (AvgIpc) is 2.19. The van der Waals surface area contributed by atoms with E-state index in [9.17, 15) is 4.79 Å². The van der Waals surface area contributed by atoms with Gasteiger partial charge in [-0.15, -0.1) is 0 Å². The molecule has 1 rings (SSSR count). The Kier molecular flexibility index (Phi) is 3.24. The maximum Gasteiger partial charge on any atom is 0.214 e. The van der Waals surface area contributed by atoms with Gasteiger partial charge in [-0.05, 0) is 5.92 Å². The summed E-state index contributed by atoms with van der Waals surface area (Å²) in [7, 11) is 0. The van der Waals surface area contributed by atoms with E-state index in [2.05, 4.69) is 12.7 Å². The Bertz CT molecular complexity index is 72.6. The maximum absolute atomic E-state index is 9.22. The number of amides is 1. The molecular weight excluding hydrogens is 102 g/mol. The third kappa shape index (κ3) is 17.9. The van der Waals surface area contributed by atoms with E-state index >= 15 is 0 Å². The summed E-state index contributed by atoms with van der Waals surface area (Å²) in [5, 5.41) is 0. The lowest BCUT2D eigenvalue weighted by atomic mass is 10.5. The Morgan fingerprint density at radius 2 is 1.75 bits per heavy atom. The van der Waals surface area contributed by atoms with Crippen molar-refractivity contribution in [1.29, 1.82) is 0 Å². The first kappa shape index (κ1) is 7.47. The summed E-state index contributed by atoms with van der Waals surface area (Å²) < 4.78 is 0. The molecule has 1 aliphatic rings. The van der Waals surface area contributed by atoms with E-state index in [1.165, 1.54) is 19.8 Å². The highest BCUT2D eigenvalue weighted by molar-refractivity contribution is 5.70. The van der Waals surface area contributed by atoms with E-state index in [1.54, 1.807) is 0 Å². The van der Waals surface area contributed by atoms with Crippen LogP contribution in [-0.4, -0.2) is 5.91 Å². The number of carbonyl (C=O) groups excluding carboxylic acids is 1. The molecule has 0 aromatic carbocycles. The van der Waals surface area contributed by atoms with Crippen LogP contribution >= 0.6 is 0 Å². The number of hydrogen-bond acceptors (Lipinski definition) is 1.